The molecule has 0 saturated heterocycles. The topological polar surface area (TPSA) is 57.5 Å². The van der Waals surface area contributed by atoms with Gasteiger partial charge in [-0.25, -0.2) is 0 Å². The Labute approximate surface area is 99.4 Å². The second kappa shape index (κ2) is 4.93. The number of benzene rings is 1. The highest BCUT2D eigenvalue weighted by Crippen LogP contribution is 2.36. The van der Waals surface area contributed by atoms with Gasteiger partial charge in [0.05, 0.1) is 23.1 Å². The fraction of sp³-hybridized carbons (Fsp3) is 0.300. The van der Waals surface area contributed by atoms with E-state index >= 15 is 0 Å². The zero-order valence-corrected chi connectivity index (χ0v) is 9.09. The van der Waals surface area contributed by atoms with Gasteiger partial charge >= 0.3 is 12.1 Å². The summed E-state index contributed by atoms with van der Waals surface area (Å²) < 4.78 is 37.1. The summed E-state index contributed by atoms with van der Waals surface area (Å²) in [6, 6.07) is 2.63. The maximum absolute atomic E-state index is 12.4. The highest BCUT2D eigenvalue weighted by Gasteiger charge is 2.33. The minimum atomic E-state index is -4.58. The van der Waals surface area contributed by atoms with Crippen molar-refractivity contribution >= 4 is 17.6 Å². The molecule has 0 unspecified atom stereocenters. The number of hydrogen-bond acceptors (Lipinski definition) is 2. The Bertz CT molecular complexity index is 431. The van der Waals surface area contributed by atoms with Crippen LogP contribution in [0.25, 0.3) is 0 Å². The van der Waals surface area contributed by atoms with Crippen LogP contribution >= 0.6 is 11.6 Å². The minimum Gasteiger partial charge on any atom is -0.481 e. The molecule has 94 valence electrons. The third-order valence-corrected chi connectivity index (χ3v) is 2.36. The number of aliphatic hydroxyl groups excluding tert-OH is 1. The van der Waals surface area contributed by atoms with Gasteiger partial charge in [-0.2, -0.15) is 13.2 Å². The lowest BCUT2D eigenvalue weighted by Gasteiger charge is -2.12. The van der Waals surface area contributed by atoms with Gasteiger partial charge < -0.3 is 10.2 Å². The van der Waals surface area contributed by atoms with Crippen molar-refractivity contribution in [3.8, 4) is 0 Å². The molecule has 0 saturated carbocycles. The molecule has 0 radical (unpaired) electrons. The molecule has 1 rings (SSSR count). The molecule has 3 nitrogen and oxygen atoms in total. The van der Waals surface area contributed by atoms with Crippen LogP contribution in [-0.4, -0.2) is 16.2 Å². The van der Waals surface area contributed by atoms with Crippen molar-refractivity contribution in [2.24, 2.45) is 0 Å². The average Bonchev–Trinajstić information content (AvgIpc) is 2.14. The van der Waals surface area contributed by atoms with Crippen molar-refractivity contribution in [1.82, 2.24) is 0 Å². The zero-order valence-electron chi connectivity index (χ0n) is 8.33. The molecule has 2 N–H and O–H groups in total. The smallest absolute Gasteiger partial charge is 0.417 e. The average molecular weight is 269 g/mol. The van der Waals surface area contributed by atoms with E-state index in [1.807, 2.05) is 0 Å². The number of carboxylic acid groups (broad SMARTS) is 1. The van der Waals surface area contributed by atoms with Crippen molar-refractivity contribution < 1.29 is 28.2 Å². The molecule has 0 aliphatic carbocycles. The van der Waals surface area contributed by atoms with Crippen LogP contribution in [0.2, 0.25) is 5.02 Å². The molecular formula is C10H8ClF3O3. The highest BCUT2D eigenvalue weighted by atomic mass is 35.5. The summed E-state index contributed by atoms with van der Waals surface area (Å²) in [5.74, 6) is -1.26. The van der Waals surface area contributed by atoms with Crippen LogP contribution in [0, 0.1) is 0 Å². The third-order valence-electron chi connectivity index (χ3n) is 2.05. The number of halogens is 4. The van der Waals surface area contributed by atoms with E-state index < -0.39 is 35.3 Å². The molecule has 0 aliphatic rings. The van der Waals surface area contributed by atoms with Crippen LogP contribution in [-0.2, 0) is 11.0 Å². The second-order valence-corrected chi connectivity index (χ2v) is 3.76. The Morgan fingerprint density at radius 3 is 2.41 bits per heavy atom. The normalized spacial score (nSPS) is 13.5. The van der Waals surface area contributed by atoms with E-state index in [0.717, 1.165) is 12.1 Å². The SMILES string of the molecule is O=C(O)C[C@@H](O)c1ccc(C(F)(F)F)c(Cl)c1. The molecule has 0 aliphatic heterocycles. The highest BCUT2D eigenvalue weighted by molar-refractivity contribution is 6.31. The van der Waals surface area contributed by atoms with Crippen LogP contribution < -0.4 is 0 Å². The van der Waals surface area contributed by atoms with E-state index in [1.165, 1.54) is 0 Å². The van der Waals surface area contributed by atoms with Gasteiger partial charge in [0.1, 0.15) is 0 Å². The molecule has 0 spiro atoms. The standard InChI is InChI=1S/C10H8ClF3O3/c11-7-3-5(8(15)4-9(16)17)1-2-6(7)10(12,13)14/h1-3,8,15H,4H2,(H,16,17)/t8-/m1/s1. The van der Waals surface area contributed by atoms with Crippen LogP contribution in [0.1, 0.15) is 23.7 Å². The first-order valence-electron chi connectivity index (χ1n) is 4.48. The Morgan fingerprint density at radius 1 is 1.41 bits per heavy atom. The molecular weight excluding hydrogens is 261 g/mol. The molecule has 0 fully saturated rings. The van der Waals surface area contributed by atoms with Crippen molar-refractivity contribution in [3.05, 3.63) is 34.3 Å². The largest absolute Gasteiger partial charge is 0.481 e. The van der Waals surface area contributed by atoms with Gasteiger partial charge in [0.25, 0.3) is 0 Å². The van der Waals surface area contributed by atoms with Gasteiger partial charge in [-0.05, 0) is 17.7 Å². The van der Waals surface area contributed by atoms with Crippen LogP contribution in [0.3, 0.4) is 0 Å². The number of aliphatic carboxylic acids is 1. The number of carboxylic acids is 1. The molecule has 1 atom stereocenters. The van der Waals surface area contributed by atoms with Crippen LogP contribution in [0.5, 0.6) is 0 Å². The summed E-state index contributed by atoms with van der Waals surface area (Å²) in [4.78, 5) is 10.3. The van der Waals surface area contributed by atoms with Crippen molar-refractivity contribution in [2.75, 3.05) is 0 Å². The van der Waals surface area contributed by atoms with E-state index in [9.17, 15) is 23.1 Å². The quantitative estimate of drug-likeness (QED) is 0.886. The van der Waals surface area contributed by atoms with Gasteiger partial charge in [-0.3, -0.25) is 4.79 Å². The number of rotatable bonds is 3. The van der Waals surface area contributed by atoms with Gasteiger partial charge in [-0.15, -0.1) is 0 Å². The van der Waals surface area contributed by atoms with Crippen molar-refractivity contribution in [1.29, 1.82) is 0 Å². The summed E-state index contributed by atoms with van der Waals surface area (Å²) in [5.41, 5.74) is -0.990. The molecule has 1 aromatic rings. The lowest BCUT2D eigenvalue weighted by atomic mass is 10.0. The lowest BCUT2D eigenvalue weighted by molar-refractivity contribution is -0.140. The number of carbonyl (C=O) groups is 1. The first-order valence-corrected chi connectivity index (χ1v) is 4.86. The first-order chi connectivity index (χ1) is 7.71. The fourth-order valence-electron chi connectivity index (χ4n) is 1.25. The summed E-state index contributed by atoms with van der Waals surface area (Å²) in [5, 5.41) is 17.2. The monoisotopic (exact) mass is 268 g/mol. The van der Waals surface area contributed by atoms with Gasteiger partial charge in [-0.1, -0.05) is 17.7 Å². The second-order valence-electron chi connectivity index (χ2n) is 3.35. The Balaban J connectivity index is 3.00. The molecule has 0 heterocycles. The number of alkyl halides is 3. The Kier molecular flexibility index (Phi) is 4.00. The maximum atomic E-state index is 12.4. The van der Waals surface area contributed by atoms with E-state index in [0.29, 0.717) is 6.07 Å². The predicted octanol–water partition coefficient (Wildman–Crippen LogP) is 2.87. The van der Waals surface area contributed by atoms with Gasteiger partial charge in [0.2, 0.25) is 0 Å². The molecule has 0 amide bonds. The van der Waals surface area contributed by atoms with Crippen molar-refractivity contribution in [2.45, 2.75) is 18.7 Å². The van der Waals surface area contributed by atoms with Crippen molar-refractivity contribution in [3.63, 3.8) is 0 Å². The molecule has 0 bridgehead atoms. The maximum Gasteiger partial charge on any atom is 0.417 e. The van der Waals surface area contributed by atoms with Gasteiger partial charge in [0.15, 0.2) is 0 Å². The summed E-state index contributed by atoms with van der Waals surface area (Å²) in [7, 11) is 0. The summed E-state index contributed by atoms with van der Waals surface area (Å²) in [6.45, 7) is 0. The Hall–Kier alpha value is -1.27. The fourth-order valence-corrected chi connectivity index (χ4v) is 1.55. The molecule has 0 aromatic heterocycles. The van der Waals surface area contributed by atoms with E-state index in [2.05, 4.69) is 0 Å². The first kappa shape index (κ1) is 13.8. The van der Waals surface area contributed by atoms with E-state index in [1.54, 1.807) is 0 Å². The number of hydrogen-bond donors (Lipinski definition) is 2. The minimum absolute atomic E-state index is 0.0328. The zero-order chi connectivity index (χ0) is 13.2. The van der Waals surface area contributed by atoms with E-state index in [4.69, 9.17) is 16.7 Å². The molecule has 7 heteroatoms. The molecule has 17 heavy (non-hydrogen) atoms. The van der Waals surface area contributed by atoms with Gasteiger partial charge in [0, 0.05) is 0 Å². The lowest BCUT2D eigenvalue weighted by Crippen LogP contribution is -2.09. The molecule has 1 aromatic carbocycles. The summed E-state index contributed by atoms with van der Waals surface area (Å²) >= 11 is 5.42. The van der Waals surface area contributed by atoms with Crippen LogP contribution in [0.4, 0.5) is 13.2 Å². The van der Waals surface area contributed by atoms with Crippen LogP contribution in [0.15, 0.2) is 18.2 Å². The summed E-state index contributed by atoms with van der Waals surface area (Å²) in [6.07, 6.45) is -6.55. The predicted molar refractivity (Wildman–Crippen MR) is 53.7 cm³/mol. The van der Waals surface area contributed by atoms with E-state index in [-0.39, 0.29) is 5.56 Å². The third kappa shape index (κ3) is 3.61. The number of aliphatic hydroxyl groups is 1. The Morgan fingerprint density at radius 2 is 2.00 bits per heavy atom.